The molecule has 0 amide bonds. The summed E-state index contributed by atoms with van der Waals surface area (Å²) in [4.78, 5) is 10.7. The van der Waals surface area contributed by atoms with Gasteiger partial charge in [-0.25, -0.2) is 9.97 Å². The van der Waals surface area contributed by atoms with Crippen LogP contribution < -0.4 is 0 Å². The summed E-state index contributed by atoms with van der Waals surface area (Å²) in [5.74, 6) is 0.634. The number of furan rings is 1. The molecule has 0 saturated heterocycles. The molecule has 0 bridgehead atoms. The van der Waals surface area contributed by atoms with Gasteiger partial charge in [-0.2, -0.15) is 0 Å². The van der Waals surface area contributed by atoms with E-state index in [1.54, 1.807) is 0 Å². The van der Waals surface area contributed by atoms with E-state index in [4.69, 9.17) is 14.4 Å². The fraction of sp³-hybridized carbons (Fsp3) is 0. The number of fused-ring (bicyclic) bond motifs is 12. The van der Waals surface area contributed by atoms with Crippen LogP contribution in [0.1, 0.15) is 0 Å². The number of hydrogen-bond donors (Lipinski definition) is 0. The zero-order valence-electron chi connectivity index (χ0n) is 28.4. The second kappa shape index (κ2) is 10.6. The molecule has 5 nitrogen and oxygen atoms in total. The highest BCUT2D eigenvalue weighted by Gasteiger charge is 2.21. The lowest BCUT2D eigenvalue weighted by atomic mass is 10.0. The molecule has 0 aliphatic carbocycles. The van der Waals surface area contributed by atoms with Gasteiger partial charge in [-0.1, -0.05) is 103 Å². The monoisotopic (exact) mass is 676 g/mol. The third kappa shape index (κ3) is 4.02. The molecular weight excluding hydrogens is 649 g/mol. The fourth-order valence-corrected chi connectivity index (χ4v) is 8.58. The molecule has 0 spiro atoms. The van der Waals surface area contributed by atoms with Crippen LogP contribution >= 0.6 is 0 Å². The molecule has 4 aromatic heterocycles. The molecule has 5 heteroatoms. The van der Waals surface area contributed by atoms with Crippen molar-refractivity contribution in [1.82, 2.24) is 19.1 Å². The average molecular weight is 677 g/mol. The highest BCUT2D eigenvalue weighted by molar-refractivity contribution is 6.20. The lowest BCUT2D eigenvalue weighted by Gasteiger charge is -2.12. The minimum Gasteiger partial charge on any atom is -0.456 e. The maximum absolute atomic E-state index is 6.38. The van der Waals surface area contributed by atoms with E-state index >= 15 is 0 Å². The van der Waals surface area contributed by atoms with Gasteiger partial charge < -0.3 is 8.98 Å². The van der Waals surface area contributed by atoms with Gasteiger partial charge in [0.05, 0.1) is 33.3 Å². The molecule has 8 aromatic carbocycles. The highest BCUT2D eigenvalue weighted by atomic mass is 16.3. The van der Waals surface area contributed by atoms with Crippen LogP contribution in [0.3, 0.4) is 0 Å². The Bertz CT molecular complexity index is 3460. The molecule has 12 aromatic rings. The quantitative estimate of drug-likeness (QED) is 0.187. The fourth-order valence-electron chi connectivity index (χ4n) is 8.58. The molecule has 246 valence electrons. The molecule has 0 saturated carbocycles. The number of hydrogen-bond acceptors (Lipinski definition) is 3. The van der Waals surface area contributed by atoms with Crippen molar-refractivity contribution < 1.29 is 4.42 Å². The number of nitrogens with zero attached hydrogens (tertiary/aromatic N) is 4. The molecular formula is C48H28N4O. The van der Waals surface area contributed by atoms with Gasteiger partial charge in [-0.05, 0) is 77.5 Å². The Kier molecular flexibility index (Phi) is 5.71. The predicted molar refractivity (Wildman–Crippen MR) is 218 cm³/mol. The number of para-hydroxylation sites is 4. The van der Waals surface area contributed by atoms with E-state index in [2.05, 4.69) is 179 Å². The van der Waals surface area contributed by atoms with Gasteiger partial charge in [0, 0.05) is 49.0 Å². The predicted octanol–water partition coefficient (Wildman–Crippen LogP) is 12.5. The van der Waals surface area contributed by atoms with E-state index in [9.17, 15) is 0 Å². The Morgan fingerprint density at radius 2 is 1.04 bits per heavy atom. The summed E-state index contributed by atoms with van der Waals surface area (Å²) in [6.07, 6.45) is 0. The van der Waals surface area contributed by atoms with E-state index in [0.29, 0.717) is 5.95 Å². The van der Waals surface area contributed by atoms with Gasteiger partial charge in [0.1, 0.15) is 11.2 Å². The SMILES string of the molecule is c1ccc(-n2c3ccccc3c3cc4c5ccccc5n(-c5nc(-c6ccc7oc8ccc9ccccc9c8c7c6)c6ccccc6n5)c4cc32)cc1. The Labute approximate surface area is 302 Å². The summed E-state index contributed by atoms with van der Waals surface area (Å²) in [7, 11) is 0. The maximum atomic E-state index is 6.38. The second-order valence-electron chi connectivity index (χ2n) is 13.8. The minimum absolute atomic E-state index is 0.634. The first-order valence-electron chi connectivity index (χ1n) is 17.9. The standard InChI is InChI=1S/C48H28N4O/c1-2-13-31(14-3-1)51-40-20-10-7-16-33(40)36-27-37-34-17-8-11-21-41(34)52(43(37)28-42(36)51)48-49-39-19-9-6-18-35(39)47(50-48)30-23-24-44-38(26-30)46-32-15-5-4-12-29(32)22-25-45(46)53-44/h1-28H. The van der Waals surface area contributed by atoms with Crippen molar-refractivity contribution >= 4 is 87.2 Å². The Morgan fingerprint density at radius 1 is 0.396 bits per heavy atom. The Morgan fingerprint density at radius 3 is 1.85 bits per heavy atom. The topological polar surface area (TPSA) is 48.8 Å². The van der Waals surface area contributed by atoms with Crippen LogP contribution in [0.25, 0.3) is 110 Å². The summed E-state index contributed by atoms with van der Waals surface area (Å²) >= 11 is 0. The molecule has 12 rings (SSSR count). The normalized spacial score (nSPS) is 12.2. The molecule has 0 aliphatic rings. The van der Waals surface area contributed by atoms with Crippen molar-refractivity contribution in [1.29, 1.82) is 0 Å². The van der Waals surface area contributed by atoms with Crippen LogP contribution in [-0.2, 0) is 0 Å². The maximum Gasteiger partial charge on any atom is 0.235 e. The van der Waals surface area contributed by atoms with E-state index in [-0.39, 0.29) is 0 Å². The van der Waals surface area contributed by atoms with Crippen molar-refractivity contribution in [3.05, 3.63) is 170 Å². The smallest absolute Gasteiger partial charge is 0.235 e. The van der Waals surface area contributed by atoms with Crippen LogP contribution in [0.2, 0.25) is 0 Å². The third-order valence-corrected chi connectivity index (χ3v) is 10.9. The Hall–Kier alpha value is -7.24. The van der Waals surface area contributed by atoms with E-state index in [1.807, 2.05) is 0 Å². The van der Waals surface area contributed by atoms with E-state index in [0.717, 1.165) is 71.7 Å². The first kappa shape index (κ1) is 28.5. The Balaban J connectivity index is 1.17. The van der Waals surface area contributed by atoms with Crippen molar-refractivity contribution in [3.8, 4) is 22.9 Å². The molecule has 0 radical (unpaired) electrons. The van der Waals surface area contributed by atoms with Gasteiger partial charge in [0.15, 0.2) is 0 Å². The number of benzene rings is 8. The van der Waals surface area contributed by atoms with Crippen LogP contribution in [0.4, 0.5) is 0 Å². The third-order valence-electron chi connectivity index (χ3n) is 10.9. The van der Waals surface area contributed by atoms with Gasteiger partial charge >= 0.3 is 0 Å². The van der Waals surface area contributed by atoms with Crippen molar-refractivity contribution in [2.75, 3.05) is 0 Å². The minimum atomic E-state index is 0.634. The average Bonchev–Trinajstić information content (AvgIpc) is 3.87. The molecule has 53 heavy (non-hydrogen) atoms. The summed E-state index contributed by atoms with van der Waals surface area (Å²) in [6, 6.07) is 60.0. The largest absolute Gasteiger partial charge is 0.456 e. The first-order chi connectivity index (χ1) is 26.3. The lowest BCUT2D eigenvalue weighted by molar-refractivity contribution is 0.669. The van der Waals surface area contributed by atoms with Crippen LogP contribution in [0, 0.1) is 0 Å². The van der Waals surface area contributed by atoms with E-state index < -0.39 is 0 Å². The number of rotatable bonds is 3. The summed E-state index contributed by atoms with van der Waals surface area (Å²) in [5, 5.41) is 10.3. The lowest BCUT2D eigenvalue weighted by Crippen LogP contribution is -2.03. The first-order valence-corrected chi connectivity index (χ1v) is 17.9. The highest BCUT2D eigenvalue weighted by Crippen LogP contribution is 2.41. The zero-order chi connectivity index (χ0) is 34.6. The molecule has 0 atom stereocenters. The molecule has 0 aliphatic heterocycles. The van der Waals surface area contributed by atoms with Gasteiger partial charge in [-0.3, -0.25) is 4.57 Å². The van der Waals surface area contributed by atoms with Gasteiger partial charge in [-0.15, -0.1) is 0 Å². The van der Waals surface area contributed by atoms with Gasteiger partial charge in [0.25, 0.3) is 0 Å². The molecule has 4 heterocycles. The molecule has 0 N–H and O–H groups in total. The second-order valence-corrected chi connectivity index (χ2v) is 13.8. The molecule has 0 unspecified atom stereocenters. The zero-order valence-corrected chi connectivity index (χ0v) is 28.4. The summed E-state index contributed by atoms with van der Waals surface area (Å²) in [6.45, 7) is 0. The van der Waals surface area contributed by atoms with E-state index in [1.165, 1.54) is 32.4 Å². The van der Waals surface area contributed by atoms with Crippen molar-refractivity contribution in [3.63, 3.8) is 0 Å². The molecule has 0 fully saturated rings. The van der Waals surface area contributed by atoms with Crippen LogP contribution in [-0.4, -0.2) is 19.1 Å². The van der Waals surface area contributed by atoms with Gasteiger partial charge in [0.2, 0.25) is 5.95 Å². The van der Waals surface area contributed by atoms with Crippen LogP contribution in [0.5, 0.6) is 0 Å². The number of aromatic nitrogens is 4. The summed E-state index contributed by atoms with van der Waals surface area (Å²) in [5.41, 5.74) is 10.1. The van der Waals surface area contributed by atoms with Crippen molar-refractivity contribution in [2.24, 2.45) is 0 Å². The summed E-state index contributed by atoms with van der Waals surface area (Å²) < 4.78 is 11.0. The van der Waals surface area contributed by atoms with Crippen molar-refractivity contribution in [2.45, 2.75) is 0 Å². The van der Waals surface area contributed by atoms with Crippen LogP contribution in [0.15, 0.2) is 174 Å².